The molecule has 0 heterocycles. The summed E-state index contributed by atoms with van der Waals surface area (Å²) in [5, 5.41) is 22.0. The van der Waals surface area contributed by atoms with Crippen LogP contribution in [-0.4, -0.2) is 28.8 Å². The zero-order valence-electron chi connectivity index (χ0n) is 14.4. The Morgan fingerprint density at radius 3 is 2.57 bits per heavy atom. The number of phenolic OH excluding ortho intramolecular Hbond substituents is 1. The summed E-state index contributed by atoms with van der Waals surface area (Å²) in [4.78, 5) is 11.8. The first-order chi connectivity index (χ1) is 10.8. The lowest BCUT2D eigenvalue weighted by atomic mass is 10.00. The fourth-order valence-electron chi connectivity index (χ4n) is 2.32. The van der Waals surface area contributed by atoms with Crippen molar-refractivity contribution in [3.8, 4) is 11.5 Å². The van der Waals surface area contributed by atoms with Crippen molar-refractivity contribution in [2.45, 2.75) is 64.5 Å². The third-order valence-electron chi connectivity index (χ3n) is 3.68. The van der Waals surface area contributed by atoms with E-state index in [9.17, 15) is 15.0 Å². The molecule has 0 aliphatic rings. The predicted molar refractivity (Wildman–Crippen MR) is 90.5 cm³/mol. The summed E-state index contributed by atoms with van der Waals surface area (Å²) in [5.41, 5.74) is 0.293. The van der Waals surface area contributed by atoms with Gasteiger partial charge in [0, 0.05) is 13.0 Å². The van der Waals surface area contributed by atoms with E-state index in [1.165, 1.54) is 7.11 Å². The van der Waals surface area contributed by atoms with E-state index in [1.54, 1.807) is 18.2 Å². The van der Waals surface area contributed by atoms with Crippen LogP contribution in [0.15, 0.2) is 18.2 Å². The number of hydrogen-bond acceptors (Lipinski definition) is 4. The lowest BCUT2D eigenvalue weighted by Crippen LogP contribution is -2.22. The number of aromatic hydroxyl groups is 1. The molecule has 1 aromatic rings. The number of methoxy groups -OCH3 is 1. The molecule has 0 fully saturated rings. The maximum Gasteiger partial charge on any atom is 0.220 e. The minimum Gasteiger partial charge on any atom is -0.504 e. The molecule has 0 spiro atoms. The fraction of sp³-hybridized carbons (Fsp3) is 0.611. The summed E-state index contributed by atoms with van der Waals surface area (Å²) in [7, 11) is 1.50. The first-order valence-electron chi connectivity index (χ1n) is 8.17. The summed E-state index contributed by atoms with van der Waals surface area (Å²) in [6.07, 6.45) is 5.18. The van der Waals surface area contributed by atoms with Crippen LogP contribution in [0.3, 0.4) is 0 Å². The number of carbonyl (C=O) groups excluding carboxylic acids is 1. The number of phenols is 1. The van der Waals surface area contributed by atoms with Crippen LogP contribution in [0.1, 0.15) is 57.9 Å². The topological polar surface area (TPSA) is 78.8 Å². The minimum absolute atomic E-state index is 0.0273. The molecule has 1 amide bonds. The Bertz CT molecular complexity index is 494. The van der Waals surface area contributed by atoms with Gasteiger partial charge in [-0.1, -0.05) is 25.3 Å². The quantitative estimate of drug-likeness (QED) is 0.578. The molecule has 1 aromatic carbocycles. The second-order valence-corrected chi connectivity index (χ2v) is 6.51. The Labute approximate surface area is 138 Å². The maximum absolute atomic E-state index is 11.8. The third kappa shape index (κ3) is 8.45. The van der Waals surface area contributed by atoms with Gasteiger partial charge in [-0.2, -0.15) is 0 Å². The molecule has 130 valence electrons. The Balaban J connectivity index is 2.17. The molecule has 0 aliphatic carbocycles. The van der Waals surface area contributed by atoms with Crippen LogP contribution in [0.2, 0.25) is 0 Å². The minimum atomic E-state index is -0.595. The summed E-state index contributed by atoms with van der Waals surface area (Å²) >= 11 is 0. The van der Waals surface area contributed by atoms with Crippen molar-refractivity contribution in [2.24, 2.45) is 0 Å². The van der Waals surface area contributed by atoms with Gasteiger partial charge in [-0.05, 0) is 44.4 Å². The van der Waals surface area contributed by atoms with Crippen LogP contribution in [0.4, 0.5) is 0 Å². The monoisotopic (exact) mass is 323 g/mol. The van der Waals surface area contributed by atoms with Gasteiger partial charge in [0.15, 0.2) is 11.5 Å². The second-order valence-electron chi connectivity index (χ2n) is 6.51. The molecule has 0 atom stereocenters. The van der Waals surface area contributed by atoms with Gasteiger partial charge >= 0.3 is 0 Å². The van der Waals surface area contributed by atoms with Gasteiger partial charge in [0.1, 0.15) is 0 Å². The van der Waals surface area contributed by atoms with Crippen LogP contribution in [-0.2, 0) is 11.3 Å². The maximum atomic E-state index is 11.8. The van der Waals surface area contributed by atoms with Crippen molar-refractivity contribution in [3.05, 3.63) is 23.8 Å². The number of rotatable bonds is 10. The molecule has 23 heavy (non-hydrogen) atoms. The van der Waals surface area contributed by atoms with Crippen LogP contribution < -0.4 is 10.1 Å². The number of unbranched alkanes of at least 4 members (excludes halogenated alkanes) is 3. The summed E-state index contributed by atoms with van der Waals surface area (Å²) in [6.45, 7) is 4.06. The van der Waals surface area contributed by atoms with Gasteiger partial charge in [0.05, 0.1) is 12.7 Å². The zero-order valence-corrected chi connectivity index (χ0v) is 14.4. The van der Waals surface area contributed by atoms with Gasteiger partial charge in [-0.3, -0.25) is 4.79 Å². The van der Waals surface area contributed by atoms with Crippen LogP contribution in [0.5, 0.6) is 11.5 Å². The van der Waals surface area contributed by atoms with E-state index in [4.69, 9.17) is 4.74 Å². The molecule has 0 aromatic heterocycles. The normalized spacial score (nSPS) is 11.3. The number of hydrogen-bond donors (Lipinski definition) is 3. The molecule has 5 nitrogen and oxygen atoms in total. The van der Waals surface area contributed by atoms with E-state index in [0.717, 1.165) is 37.7 Å². The van der Waals surface area contributed by atoms with E-state index in [1.807, 2.05) is 13.8 Å². The lowest BCUT2D eigenvalue weighted by Gasteiger charge is -2.16. The molecular weight excluding hydrogens is 294 g/mol. The van der Waals surface area contributed by atoms with Crippen LogP contribution in [0, 0.1) is 0 Å². The summed E-state index contributed by atoms with van der Waals surface area (Å²) in [6, 6.07) is 5.03. The highest BCUT2D eigenvalue weighted by Crippen LogP contribution is 2.26. The first kappa shape index (κ1) is 19.3. The molecule has 3 N–H and O–H groups in total. The van der Waals surface area contributed by atoms with Crippen molar-refractivity contribution in [3.63, 3.8) is 0 Å². The molecule has 0 bridgehead atoms. The molecule has 5 heteroatoms. The highest BCUT2D eigenvalue weighted by atomic mass is 16.5. The number of nitrogens with one attached hydrogen (secondary N) is 1. The molecule has 0 radical (unpaired) electrons. The van der Waals surface area contributed by atoms with E-state index in [0.29, 0.717) is 18.7 Å². The Morgan fingerprint density at radius 1 is 1.22 bits per heavy atom. The second kappa shape index (κ2) is 9.40. The number of amides is 1. The van der Waals surface area contributed by atoms with Crippen LogP contribution >= 0.6 is 0 Å². The van der Waals surface area contributed by atoms with Crippen LogP contribution in [0.25, 0.3) is 0 Å². The van der Waals surface area contributed by atoms with Crippen molar-refractivity contribution >= 4 is 5.91 Å². The third-order valence-corrected chi connectivity index (χ3v) is 3.68. The SMILES string of the molecule is COc1cc(CNC(=O)CCCCCCC(C)(C)O)ccc1O. The number of carbonyl (C=O) groups is 1. The first-order valence-corrected chi connectivity index (χ1v) is 8.17. The Hall–Kier alpha value is -1.75. The largest absolute Gasteiger partial charge is 0.504 e. The molecule has 0 saturated carbocycles. The highest BCUT2D eigenvalue weighted by molar-refractivity contribution is 5.75. The number of ether oxygens (including phenoxy) is 1. The van der Waals surface area contributed by atoms with E-state index >= 15 is 0 Å². The fourth-order valence-corrected chi connectivity index (χ4v) is 2.32. The molecular formula is C18H29NO4. The molecule has 0 aliphatic heterocycles. The van der Waals surface area contributed by atoms with E-state index < -0.39 is 5.60 Å². The number of aliphatic hydroxyl groups is 1. The smallest absolute Gasteiger partial charge is 0.220 e. The summed E-state index contributed by atoms with van der Waals surface area (Å²) < 4.78 is 5.04. The van der Waals surface area contributed by atoms with E-state index in [-0.39, 0.29) is 11.7 Å². The van der Waals surface area contributed by atoms with Gasteiger partial charge in [-0.25, -0.2) is 0 Å². The van der Waals surface area contributed by atoms with Gasteiger partial charge in [0.25, 0.3) is 0 Å². The highest BCUT2D eigenvalue weighted by Gasteiger charge is 2.11. The summed E-state index contributed by atoms with van der Waals surface area (Å²) in [5.74, 6) is 0.525. The standard InChI is InChI=1S/C18H29NO4/c1-18(2,22)11-7-5-4-6-8-17(21)19-13-14-9-10-15(20)16(12-14)23-3/h9-10,12,20,22H,4-8,11,13H2,1-3H3,(H,19,21). The lowest BCUT2D eigenvalue weighted by molar-refractivity contribution is -0.121. The molecule has 0 saturated heterocycles. The van der Waals surface area contributed by atoms with Crippen molar-refractivity contribution < 1.29 is 19.7 Å². The zero-order chi connectivity index (χ0) is 17.3. The van der Waals surface area contributed by atoms with E-state index in [2.05, 4.69) is 5.32 Å². The van der Waals surface area contributed by atoms with Crippen molar-refractivity contribution in [1.29, 1.82) is 0 Å². The molecule has 0 unspecified atom stereocenters. The molecule has 1 rings (SSSR count). The van der Waals surface area contributed by atoms with Crippen molar-refractivity contribution in [2.75, 3.05) is 7.11 Å². The van der Waals surface area contributed by atoms with Gasteiger partial charge in [0.2, 0.25) is 5.91 Å². The average molecular weight is 323 g/mol. The average Bonchev–Trinajstić information content (AvgIpc) is 2.48. The van der Waals surface area contributed by atoms with Crippen molar-refractivity contribution in [1.82, 2.24) is 5.32 Å². The number of benzene rings is 1. The van der Waals surface area contributed by atoms with Gasteiger partial charge < -0.3 is 20.3 Å². The predicted octanol–water partition coefficient (Wildman–Crippen LogP) is 3.13. The Kier molecular flexibility index (Phi) is 7.89. The Morgan fingerprint density at radius 2 is 1.91 bits per heavy atom. The van der Waals surface area contributed by atoms with Gasteiger partial charge in [-0.15, -0.1) is 0 Å².